The molecule has 0 saturated carbocycles. The van der Waals surface area contributed by atoms with Crippen molar-refractivity contribution in [3.8, 4) is 0 Å². The van der Waals surface area contributed by atoms with Crippen molar-refractivity contribution >= 4 is 34.5 Å². The number of benzene rings is 1. The van der Waals surface area contributed by atoms with E-state index in [1.807, 2.05) is 6.07 Å². The molecule has 10 heteroatoms. The van der Waals surface area contributed by atoms with Crippen molar-refractivity contribution < 1.29 is 23.9 Å². The maximum absolute atomic E-state index is 14.5. The molecule has 3 aromatic rings. The van der Waals surface area contributed by atoms with E-state index in [-0.39, 0.29) is 30.0 Å². The molecule has 0 fully saturated rings. The van der Waals surface area contributed by atoms with Crippen molar-refractivity contribution in [3.05, 3.63) is 59.2 Å². The number of nitrogens with one attached hydrogen (secondary N) is 4. The predicted octanol–water partition coefficient (Wildman–Crippen LogP) is 3.16. The van der Waals surface area contributed by atoms with Crippen LogP contribution in [0.25, 0.3) is 10.9 Å². The normalized spacial score (nSPS) is 13.5. The molecule has 2 amide bonds. The van der Waals surface area contributed by atoms with E-state index in [1.165, 1.54) is 11.6 Å². The molecule has 2 aromatic heterocycles. The summed E-state index contributed by atoms with van der Waals surface area (Å²) in [5.41, 5.74) is 2.36. The number of aromatic nitrogens is 2. The van der Waals surface area contributed by atoms with Gasteiger partial charge in [0.15, 0.2) is 5.82 Å². The van der Waals surface area contributed by atoms with Gasteiger partial charge in [-0.25, -0.2) is 14.2 Å². The molecular weight excluding hydrogens is 465 g/mol. The van der Waals surface area contributed by atoms with E-state index < -0.39 is 23.7 Å². The first-order valence-corrected chi connectivity index (χ1v) is 12.2. The fourth-order valence-corrected chi connectivity index (χ4v) is 4.30. The quantitative estimate of drug-likeness (QED) is 0.259. The number of carbonyl (C=O) groups excluding carboxylic acids is 2. The molecule has 4 rings (SSSR count). The standard InChI is InChI=1S/C26H30FN5O4/c27-22-18-8-2-3-9-19(18)31-23(22)25(34)32-20(26(35)36)13-15-28-21(33)10-4-1-7-17-12-11-16-6-5-14-29-24(16)30-17/h2-3,8-9,11-12,20,31H,1,4-7,10,13-15H2,(H,28,33)(H,29,30)(H,32,34)(H,35,36)/t20-/m0/s1. The summed E-state index contributed by atoms with van der Waals surface area (Å²) in [6.45, 7) is 1.01. The van der Waals surface area contributed by atoms with Crippen LogP contribution in [0.5, 0.6) is 0 Å². The summed E-state index contributed by atoms with van der Waals surface area (Å²) < 4.78 is 14.5. The second kappa shape index (κ2) is 11.7. The van der Waals surface area contributed by atoms with E-state index >= 15 is 0 Å². The molecule has 1 atom stereocenters. The monoisotopic (exact) mass is 495 g/mol. The number of hydrogen-bond acceptors (Lipinski definition) is 5. The lowest BCUT2D eigenvalue weighted by molar-refractivity contribution is -0.139. The van der Waals surface area contributed by atoms with E-state index in [4.69, 9.17) is 0 Å². The van der Waals surface area contributed by atoms with Gasteiger partial charge in [0.2, 0.25) is 5.91 Å². The molecule has 9 nitrogen and oxygen atoms in total. The number of aromatic amines is 1. The molecule has 0 bridgehead atoms. The number of anilines is 1. The van der Waals surface area contributed by atoms with Crippen LogP contribution in [0.15, 0.2) is 36.4 Å². The van der Waals surface area contributed by atoms with E-state index in [1.54, 1.807) is 18.2 Å². The number of carboxylic acid groups (broad SMARTS) is 1. The van der Waals surface area contributed by atoms with Crippen molar-refractivity contribution in [2.24, 2.45) is 0 Å². The first-order chi connectivity index (χ1) is 17.4. The molecule has 0 unspecified atom stereocenters. The Labute approximate surface area is 207 Å². The molecule has 1 aliphatic heterocycles. The highest BCUT2D eigenvalue weighted by atomic mass is 19.1. The Hall–Kier alpha value is -3.95. The number of H-pyrrole nitrogens is 1. The van der Waals surface area contributed by atoms with Crippen LogP contribution >= 0.6 is 0 Å². The summed E-state index contributed by atoms with van der Waals surface area (Å²) in [6, 6.07) is 9.38. The van der Waals surface area contributed by atoms with Gasteiger partial charge in [0, 0.05) is 36.1 Å². The summed E-state index contributed by atoms with van der Waals surface area (Å²) in [5.74, 6) is -2.08. The highest BCUT2D eigenvalue weighted by Gasteiger charge is 2.24. The Morgan fingerprint density at radius 1 is 1.14 bits per heavy atom. The molecule has 0 spiro atoms. The molecule has 1 aliphatic rings. The number of amides is 2. The average molecular weight is 496 g/mol. The maximum atomic E-state index is 14.5. The Bertz CT molecular complexity index is 1260. The summed E-state index contributed by atoms with van der Waals surface area (Å²) >= 11 is 0. The summed E-state index contributed by atoms with van der Waals surface area (Å²) in [7, 11) is 0. The topological polar surface area (TPSA) is 136 Å². The number of halogens is 1. The fourth-order valence-electron chi connectivity index (χ4n) is 4.30. The molecule has 5 N–H and O–H groups in total. The Morgan fingerprint density at radius 3 is 2.78 bits per heavy atom. The first kappa shape index (κ1) is 25.2. The van der Waals surface area contributed by atoms with Gasteiger partial charge in [0.05, 0.1) is 0 Å². The number of aliphatic carboxylic acids is 1. The highest BCUT2D eigenvalue weighted by molar-refractivity contribution is 6.00. The molecule has 1 aromatic carbocycles. The van der Waals surface area contributed by atoms with Crippen molar-refractivity contribution in [1.82, 2.24) is 20.6 Å². The number of nitrogens with zero attached hydrogens (tertiary/aromatic N) is 1. The number of carbonyl (C=O) groups is 3. The molecule has 3 heterocycles. The van der Waals surface area contributed by atoms with Crippen LogP contribution in [-0.4, -0.2) is 52.0 Å². The van der Waals surface area contributed by atoms with Crippen LogP contribution < -0.4 is 16.0 Å². The lowest BCUT2D eigenvalue weighted by atomic mass is 10.1. The molecular formula is C26H30FN5O4. The van der Waals surface area contributed by atoms with E-state index in [0.29, 0.717) is 18.4 Å². The zero-order valence-corrected chi connectivity index (χ0v) is 19.9. The zero-order valence-electron chi connectivity index (χ0n) is 19.9. The number of pyridine rings is 1. The van der Waals surface area contributed by atoms with Gasteiger partial charge >= 0.3 is 5.97 Å². The van der Waals surface area contributed by atoms with E-state index in [9.17, 15) is 23.9 Å². The lowest BCUT2D eigenvalue weighted by Crippen LogP contribution is -2.43. The Balaban J connectivity index is 1.18. The number of carboxylic acids is 1. The fraction of sp³-hybridized carbons (Fsp3) is 0.385. The van der Waals surface area contributed by atoms with Gasteiger partial charge < -0.3 is 26.0 Å². The second-order valence-corrected chi connectivity index (χ2v) is 8.91. The van der Waals surface area contributed by atoms with Gasteiger partial charge in [-0.3, -0.25) is 9.59 Å². The van der Waals surface area contributed by atoms with Crippen molar-refractivity contribution in [1.29, 1.82) is 0 Å². The van der Waals surface area contributed by atoms with E-state index in [0.717, 1.165) is 43.7 Å². The minimum atomic E-state index is -1.27. The average Bonchev–Trinajstić information content (AvgIpc) is 3.22. The number of rotatable bonds is 11. The van der Waals surface area contributed by atoms with Crippen LogP contribution in [0.2, 0.25) is 0 Å². The Kier molecular flexibility index (Phi) is 8.14. The minimum Gasteiger partial charge on any atom is -0.480 e. The second-order valence-electron chi connectivity index (χ2n) is 8.91. The molecule has 0 radical (unpaired) electrons. The smallest absolute Gasteiger partial charge is 0.326 e. The summed E-state index contributed by atoms with van der Waals surface area (Å²) in [5, 5.41) is 18.0. The van der Waals surface area contributed by atoms with Crippen LogP contribution in [0.4, 0.5) is 10.2 Å². The SMILES string of the molecule is O=C(CCCCc1ccc2c(n1)NCCC2)NCC[C@H](NC(=O)c1[nH]c2ccccc2c1F)C(=O)O. The Morgan fingerprint density at radius 2 is 1.97 bits per heavy atom. The number of unbranched alkanes of at least 4 members (excludes halogenated alkanes) is 1. The largest absolute Gasteiger partial charge is 0.480 e. The summed E-state index contributed by atoms with van der Waals surface area (Å²) in [6.07, 6.45) is 4.71. The van der Waals surface area contributed by atoms with Crippen molar-refractivity contribution in [2.45, 2.75) is 51.0 Å². The third kappa shape index (κ3) is 6.18. The van der Waals surface area contributed by atoms with Gasteiger partial charge in [-0.2, -0.15) is 0 Å². The van der Waals surface area contributed by atoms with Gasteiger partial charge in [-0.1, -0.05) is 18.2 Å². The van der Waals surface area contributed by atoms with Crippen molar-refractivity contribution in [3.63, 3.8) is 0 Å². The third-order valence-corrected chi connectivity index (χ3v) is 6.27. The van der Waals surface area contributed by atoms with E-state index in [2.05, 4.69) is 32.0 Å². The number of aryl methyl sites for hydroxylation is 2. The third-order valence-electron chi connectivity index (χ3n) is 6.27. The maximum Gasteiger partial charge on any atom is 0.326 e. The molecule has 0 aliphatic carbocycles. The van der Waals surface area contributed by atoms with Crippen molar-refractivity contribution in [2.75, 3.05) is 18.4 Å². The predicted molar refractivity (Wildman–Crippen MR) is 133 cm³/mol. The van der Waals surface area contributed by atoms with Gasteiger partial charge in [-0.05, 0) is 62.3 Å². The molecule has 0 saturated heterocycles. The van der Waals surface area contributed by atoms with Gasteiger partial charge in [0.1, 0.15) is 17.6 Å². The zero-order chi connectivity index (χ0) is 25.5. The van der Waals surface area contributed by atoms with Crippen LogP contribution in [0.3, 0.4) is 0 Å². The first-order valence-electron chi connectivity index (χ1n) is 12.2. The van der Waals surface area contributed by atoms with Gasteiger partial charge in [0.25, 0.3) is 5.91 Å². The number of fused-ring (bicyclic) bond motifs is 2. The minimum absolute atomic E-state index is 0.0271. The summed E-state index contributed by atoms with van der Waals surface area (Å²) in [4.78, 5) is 43.6. The van der Waals surface area contributed by atoms with Gasteiger partial charge in [-0.15, -0.1) is 0 Å². The number of hydrogen-bond donors (Lipinski definition) is 5. The highest BCUT2D eigenvalue weighted by Crippen LogP contribution is 2.21. The van der Waals surface area contributed by atoms with Crippen LogP contribution in [0, 0.1) is 5.82 Å². The lowest BCUT2D eigenvalue weighted by Gasteiger charge is -2.17. The molecule has 36 heavy (non-hydrogen) atoms. The number of para-hydroxylation sites is 1. The van der Waals surface area contributed by atoms with Crippen LogP contribution in [-0.2, 0) is 22.4 Å². The molecule has 190 valence electrons. The van der Waals surface area contributed by atoms with Crippen LogP contribution in [0.1, 0.15) is 53.8 Å².